The molecule has 0 radical (unpaired) electrons. The SMILES string of the molecule is CCC1(CC)CC(C)CC(CC)(CC)N1ON1C(CC)(CC)CC(C)CC1(CC)CC. The van der Waals surface area contributed by atoms with E-state index in [2.05, 4.69) is 79.4 Å². The van der Waals surface area contributed by atoms with Crippen LogP contribution in [0.4, 0.5) is 0 Å². The fourth-order valence-corrected chi connectivity index (χ4v) is 7.81. The Balaban J connectivity index is 2.65. The van der Waals surface area contributed by atoms with Gasteiger partial charge in [0.25, 0.3) is 0 Å². The molecule has 184 valence electrons. The molecule has 0 amide bonds. The maximum atomic E-state index is 7.49. The lowest BCUT2D eigenvalue weighted by molar-refractivity contribution is -0.463. The minimum Gasteiger partial charge on any atom is -0.206 e. The van der Waals surface area contributed by atoms with Gasteiger partial charge in [0.05, 0.1) is 0 Å². The molecular weight excluding hydrogens is 380 g/mol. The van der Waals surface area contributed by atoms with E-state index >= 15 is 0 Å². The fraction of sp³-hybridized carbons (Fsp3) is 1.00. The predicted molar refractivity (Wildman–Crippen MR) is 135 cm³/mol. The van der Waals surface area contributed by atoms with E-state index in [0.717, 1.165) is 63.2 Å². The van der Waals surface area contributed by atoms with Gasteiger partial charge in [-0.1, -0.05) is 69.2 Å². The summed E-state index contributed by atoms with van der Waals surface area (Å²) in [5, 5.41) is 5.21. The van der Waals surface area contributed by atoms with Crippen LogP contribution in [0.15, 0.2) is 0 Å². The second kappa shape index (κ2) is 10.4. The first-order valence-electron chi connectivity index (χ1n) is 13.9. The smallest absolute Gasteiger partial charge is 0.0485 e. The van der Waals surface area contributed by atoms with Crippen molar-refractivity contribution in [2.45, 2.75) is 168 Å². The molecule has 0 N–H and O–H groups in total. The predicted octanol–water partition coefficient (Wildman–Crippen LogP) is 8.53. The largest absolute Gasteiger partial charge is 0.206 e. The highest BCUT2D eigenvalue weighted by Gasteiger charge is 2.57. The molecule has 0 saturated carbocycles. The molecule has 0 atom stereocenters. The average molecular weight is 437 g/mol. The van der Waals surface area contributed by atoms with Crippen LogP contribution in [0.3, 0.4) is 0 Å². The van der Waals surface area contributed by atoms with Gasteiger partial charge in [-0.25, -0.2) is 4.94 Å². The van der Waals surface area contributed by atoms with E-state index in [9.17, 15) is 0 Å². The maximum absolute atomic E-state index is 7.49. The Kier molecular flexibility index (Phi) is 9.13. The van der Waals surface area contributed by atoms with Crippen LogP contribution in [0.5, 0.6) is 0 Å². The molecule has 3 nitrogen and oxygen atoms in total. The van der Waals surface area contributed by atoms with Gasteiger partial charge in [0.2, 0.25) is 0 Å². The quantitative estimate of drug-likeness (QED) is 0.341. The first kappa shape index (κ1) is 27.1. The van der Waals surface area contributed by atoms with Crippen molar-refractivity contribution in [2.75, 3.05) is 0 Å². The summed E-state index contributed by atoms with van der Waals surface area (Å²) in [6.07, 6.45) is 14.3. The topological polar surface area (TPSA) is 15.7 Å². The summed E-state index contributed by atoms with van der Waals surface area (Å²) in [6, 6.07) is 0. The lowest BCUT2D eigenvalue weighted by atomic mass is 9.68. The van der Waals surface area contributed by atoms with Crippen molar-refractivity contribution in [3.05, 3.63) is 0 Å². The zero-order valence-electron chi connectivity index (χ0n) is 22.9. The second-order valence-electron chi connectivity index (χ2n) is 11.4. The van der Waals surface area contributed by atoms with Gasteiger partial charge in [-0.3, -0.25) is 0 Å². The average Bonchev–Trinajstić information content (AvgIpc) is 2.80. The number of hydrogen-bond donors (Lipinski definition) is 0. The van der Waals surface area contributed by atoms with E-state index in [1.165, 1.54) is 25.7 Å². The first-order valence-corrected chi connectivity index (χ1v) is 13.9. The number of hydrogen-bond acceptors (Lipinski definition) is 3. The van der Waals surface area contributed by atoms with Gasteiger partial charge in [0.15, 0.2) is 0 Å². The van der Waals surface area contributed by atoms with Gasteiger partial charge < -0.3 is 0 Å². The molecule has 2 saturated heterocycles. The van der Waals surface area contributed by atoms with Crippen molar-refractivity contribution in [3.8, 4) is 0 Å². The van der Waals surface area contributed by atoms with Gasteiger partial charge in [0.1, 0.15) is 0 Å². The summed E-state index contributed by atoms with van der Waals surface area (Å²) < 4.78 is 0. The third-order valence-electron chi connectivity index (χ3n) is 10.1. The molecule has 0 unspecified atom stereocenters. The molecular formula is C28H56N2O. The standard InChI is InChI=1S/C28H56N2O/c1-11-25(12-2)19-23(9)20-26(13-3,14-4)29(25)31-30-27(15-5,16-6)21-24(10)22-28(30,17-7)18-8/h23-24H,11-22H2,1-10H3. The summed E-state index contributed by atoms with van der Waals surface area (Å²) in [7, 11) is 0. The Morgan fingerprint density at radius 1 is 0.484 bits per heavy atom. The van der Waals surface area contributed by atoms with Gasteiger partial charge in [-0.15, -0.1) is 0 Å². The Morgan fingerprint density at radius 3 is 0.839 bits per heavy atom. The van der Waals surface area contributed by atoms with Gasteiger partial charge in [-0.2, -0.15) is 10.1 Å². The maximum Gasteiger partial charge on any atom is 0.0485 e. The molecule has 2 aliphatic rings. The number of hydroxylamine groups is 4. The van der Waals surface area contributed by atoms with Crippen molar-refractivity contribution in [3.63, 3.8) is 0 Å². The van der Waals surface area contributed by atoms with Gasteiger partial charge in [-0.05, 0) is 88.9 Å². The molecule has 2 heterocycles. The number of nitrogens with zero attached hydrogens (tertiary/aromatic N) is 2. The monoisotopic (exact) mass is 436 g/mol. The minimum absolute atomic E-state index is 0.132. The highest BCUT2D eigenvalue weighted by Crippen LogP contribution is 2.53. The van der Waals surface area contributed by atoms with E-state index in [0.29, 0.717) is 0 Å². The fourth-order valence-electron chi connectivity index (χ4n) is 7.81. The van der Waals surface area contributed by atoms with Crippen LogP contribution in [-0.2, 0) is 4.94 Å². The zero-order valence-corrected chi connectivity index (χ0v) is 22.9. The summed E-state index contributed by atoms with van der Waals surface area (Å²) in [5.74, 6) is 1.51. The molecule has 0 aromatic heterocycles. The second-order valence-corrected chi connectivity index (χ2v) is 11.4. The highest BCUT2D eigenvalue weighted by molar-refractivity contribution is 5.05. The number of rotatable bonds is 10. The summed E-state index contributed by atoms with van der Waals surface area (Å²) in [6.45, 7) is 24.1. The number of piperidine rings is 2. The van der Waals surface area contributed by atoms with Crippen molar-refractivity contribution in [1.29, 1.82) is 0 Å². The van der Waals surface area contributed by atoms with Crippen molar-refractivity contribution in [1.82, 2.24) is 10.1 Å². The molecule has 2 rings (SSSR count). The van der Waals surface area contributed by atoms with Crippen molar-refractivity contribution >= 4 is 0 Å². The van der Waals surface area contributed by atoms with E-state index in [4.69, 9.17) is 4.94 Å². The molecule has 2 aliphatic heterocycles. The summed E-state index contributed by atoms with van der Waals surface area (Å²) >= 11 is 0. The molecule has 0 aliphatic carbocycles. The lowest BCUT2D eigenvalue weighted by Crippen LogP contribution is -2.71. The molecule has 0 aromatic rings. The summed E-state index contributed by atoms with van der Waals surface area (Å²) in [4.78, 5) is 7.49. The van der Waals surface area contributed by atoms with Crippen LogP contribution in [0.2, 0.25) is 0 Å². The minimum atomic E-state index is 0.132. The Morgan fingerprint density at radius 2 is 0.677 bits per heavy atom. The Hall–Kier alpha value is -0.120. The zero-order chi connectivity index (χ0) is 23.5. The summed E-state index contributed by atoms with van der Waals surface area (Å²) in [5.41, 5.74) is 0.529. The van der Waals surface area contributed by atoms with E-state index < -0.39 is 0 Å². The van der Waals surface area contributed by atoms with Crippen LogP contribution < -0.4 is 0 Å². The molecule has 3 heteroatoms. The lowest BCUT2D eigenvalue weighted by Gasteiger charge is -2.64. The molecule has 0 spiro atoms. The normalized spacial score (nSPS) is 26.9. The van der Waals surface area contributed by atoms with Gasteiger partial charge in [0, 0.05) is 22.2 Å². The molecule has 31 heavy (non-hydrogen) atoms. The Labute approximate surface area is 195 Å². The van der Waals surface area contributed by atoms with Crippen LogP contribution in [-0.4, -0.2) is 32.3 Å². The van der Waals surface area contributed by atoms with Gasteiger partial charge >= 0.3 is 0 Å². The first-order chi connectivity index (χ1) is 14.7. The third-order valence-corrected chi connectivity index (χ3v) is 10.1. The molecule has 0 aromatic carbocycles. The highest BCUT2D eigenvalue weighted by atomic mass is 16.8. The third kappa shape index (κ3) is 4.50. The van der Waals surface area contributed by atoms with E-state index in [1.54, 1.807) is 0 Å². The van der Waals surface area contributed by atoms with Crippen LogP contribution in [0.25, 0.3) is 0 Å². The van der Waals surface area contributed by atoms with Crippen molar-refractivity contribution in [2.24, 2.45) is 11.8 Å². The van der Waals surface area contributed by atoms with Crippen LogP contribution >= 0.6 is 0 Å². The molecule has 0 bridgehead atoms. The van der Waals surface area contributed by atoms with Crippen LogP contribution in [0.1, 0.15) is 146 Å². The van der Waals surface area contributed by atoms with E-state index in [1.807, 2.05) is 0 Å². The Bertz CT molecular complexity index is 451. The van der Waals surface area contributed by atoms with E-state index in [-0.39, 0.29) is 22.2 Å². The van der Waals surface area contributed by atoms with Crippen LogP contribution in [0, 0.1) is 11.8 Å². The van der Waals surface area contributed by atoms with Crippen molar-refractivity contribution < 1.29 is 4.94 Å². The molecule has 2 fully saturated rings.